The minimum absolute atomic E-state index is 0.157. The van der Waals surface area contributed by atoms with Crippen LogP contribution in [0, 0.1) is 0 Å². The van der Waals surface area contributed by atoms with Gasteiger partial charge in [-0.1, -0.05) is 18.9 Å². The van der Waals surface area contributed by atoms with Crippen LogP contribution in [0.15, 0.2) is 35.5 Å². The monoisotopic (exact) mass is 373 g/mol. The molecule has 1 fully saturated rings. The first kappa shape index (κ1) is 17.2. The lowest BCUT2D eigenvalue weighted by atomic mass is 10.00. The normalized spacial score (nSPS) is 18.0. The number of nitrogens with one attached hydrogen (secondary N) is 1. The zero-order chi connectivity index (χ0) is 18.1. The number of benzene rings is 1. The lowest BCUT2D eigenvalue weighted by Crippen LogP contribution is -2.31. The average Bonchev–Trinajstić information content (AvgIpc) is 3.13. The summed E-state index contributed by atoms with van der Waals surface area (Å²) >= 11 is 0. The molecule has 1 aliphatic carbocycles. The summed E-state index contributed by atoms with van der Waals surface area (Å²) in [6.45, 7) is 1.44. The second-order valence-electron chi connectivity index (χ2n) is 7.03. The number of primary sulfonamides is 1. The van der Waals surface area contributed by atoms with Crippen molar-refractivity contribution in [3.8, 4) is 0 Å². The van der Waals surface area contributed by atoms with Gasteiger partial charge in [-0.25, -0.2) is 23.5 Å². The molecule has 0 unspecified atom stereocenters. The molecule has 1 aliphatic heterocycles. The van der Waals surface area contributed by atoms with Crippen LogP contribution in [-0.2, 0) is 23.0 Å². The Bertz CT molecular complexity index is 910. The Kier molecular flexibility index (Phi) is 4.54. The predicted octanol–water partition coefficient (Wildman–Crippen LogP) is 2.04. The van der Waals surface area contributed by atoms with E-state index < -0.39 is 10.0 Å². The molecule has 2 aliphatic rings. The molecule has 0 bridgehead atoms. The summed E-state index contributed by atoms with van der Waals surface area (Å²) in [5, 5.41) is 8.76. The van der Waals surface area contributed by atoms with Crippen LogP contribution in [0.25, 0.3) is 0 Å². The van der Waals surface area contributed by atoms with E-state index in [4.69, 9.17) is 5.14 Å². The Morgan fingerprint density at radius 1 is 1.12 bits per heavy atom. The summed E-state index contributed by atoms with van der Waals surface area (Å²) in [7, 11) is -3.69. The minimum atomic E-state index is -3.69. The second kappa shape index (κ2) is 6.85. The summed E-state index contributed by atoms with van der Waals surface area (Å²) in [4.78, 5) is 11.1. The third-order valence-electron chi connectivity index (χ3n) is 5.20. The predicted molar refractivity (Wildman–Crippen MR) is 100 cm³/mol. The molecule has 3 N–H and O–H groups in total. The van der Waals surface area contributed by atoms with Crippen LogP contribution in [0.3, 0.4) is 0 Å². The molecule has 7 nitrogen and oxygen atoms in total. The lowest BCUT2D eigenvalue weighted by Gasteiger charge is -2.30. The molecule has 0 atom stereocenters. The van der Waals surface area contributed by atoms with E-state index in [0.717, 1.165) is 35.7 Å². The van der Waals surface area contributed by atoms with Gasteiger partial charge in [-0.3, -0.25) is 0 Å². The molecule has 8 heteroatoms. The van der Waals surface area contributed by atoms with Gasteiger partial charge in [0.05, 0.1) is 4.90 Å². The maximum absolute atomic E-state index is 11.6. The van der Waals surface area contributed by atoms with Crippen molar-refractivity contribution >= 4 is 21.7 Å². The molecule has 0 saturated heterocycles. The number of aromatic nitrogens is 2. The molecule has 2 aromatic rings. The van der Waals surface area contributed by atoms with Gasteiger partial charge in [-0.2, -0.15) is 0 Å². The first-order chi connectivity index (χ1) is 12.5. The van der Waals surface area contributed by atoms with Gasteiger partial charge >= 0.3 is 0 Å². The zero-order valence-corrected chi connectivity index (χ0v) is 15.4. The van der Waals surface area contributed by atoms with Crippen molar-refractivity contribution < 1.29 is 8.42 Å². The van der Waals surface area contributed by atoms with Gasteiger partial charge in [0.2, 0.25) is 10.0 Å². The van der Waals surface area contributed by atoms with Crippen molar-refractivity contribution in [3.05, 3.63) is 41.7 Å². The molecule has 2 heterocycles. The highest BCUT2D eigenvalue weighted by Gasteiger charge is 2.21. The lowest BCUT2D eigenvalue weighted by molar-refractivity contribution is 0.597. The van der Waals surface area contributed by atoms with Gasteiger partial charge in [-0.15, -0.1) is 0 Å². The maximum Gasteiger partial charge on any atom is 0.238 e. The fourth-order valence-electron chi connectivity index (χ4n) is 3.78. The van der Waals surface area contributed by atoms with Crippen LogP contribution in [0.5, 0.6) is 0 Å². The topological polar surface area (TPSA) is 101 Å². The summed E-state index contributed by atoms with van der Waals surface area (Å²) < 4.78 is 23.2. The summed E-state index contributed by atoms with van der Waals surface area (Å²) in [6, 6.07) is 7.59. The highest BCUT2D eigenvalue weighted by molar-refractivity contribution is 7.89. The molecule has 1 aromatic heterocycles. The SMILES string of the molecule is NS(=O)(=O)c1ccc2c(c1)CN(c1cc(NC3CCCC3)ncn1)CC2. The fourth-order valence-corrected chi connectivity index (χ4v) is 4.35. The quantitative estimate of drug-likeness (QED) is 0.850. The van der Waals surface area contributed by atoms with Gasteiger partial charge in [0.25, 0.3) is 0 Å². The number of sulfonamides is 1. The molecular formula is C18H23N5O2S. The number of fused-ring (bicyclic) bond motifs is 1. The molecular weight excluding hydrogens is 350 g/mol. The molecule has 26 heavy (non-hydrogen) atoms. The molecule has 4 rings (SSSR count). The van der Waals surface area contributed by atoms with Gasteiger partial charge < -0.3 is 10.2 Å². The molecule has 0 radical (unpaired) electrons. The van der Waals surface area contributed by atoms with Crippen molar-refractivity contribution in [2.24, 2.45) is 5.14 Å². The Morgan fingerprint density at radius 3 is 2.69 bits per heavy atom. The number of nitrogens with two attached hydrogens (primary N) is 1. The summed E-state index contributed by atoms with van der Waals surface area (Å²) in [5.41, 5.74) is 2.14. The van der Waals surface area contributed by atoms with Crippen LogP contribution < -0.4 is 15.4 Å². The van der Waals surface area contributed by atoms with E-state index in [0.29, 0.717) is 12.6 Å². The van der Waals surface area contributed by atoms with Gasteiger partial charge in [0, 0.05) is 25.2 Å². The Labute approximate surface area is 153 Å². The fraction of sp³-hybridized carbons (Fsp3) is 0.444. The van der Waals surface area contributed by atoms with Crippen LogP contribution in [0.4, 0.5) is 11.6 Å². The average molecular weight is 373 g/mol. The van der Waals surface area contributed by atoms with E-state index in [2.05, 4.69) is 20.2 Å². The summed E-state index contributed by atoms with van der Waals surface area (Å²) in [5.74, 6) is 1.71. The highest BCUT2D eigenvalue weighted by Crippen LogP contribution is 2.27. The summed E-state index contributed by atoms with van der Waals surface area (Å²) in [6.07, 6.45) is 7.34. The minimum Gasteiger partial charge on any atom is -0.367 e. The molecule has 138 valence electrons. The number of rotatable bonds is 4. The first-order valence-electron chi connectivity index (χ1n) is 8.97. The van der Waals surface area contributed by atoms with E-state index >= 15 is 0 Å². The number of hydrogen-bond donors (Lipinski definition) is 2. The van der Waals surface area contributed by atoms with E-state index in [1.54, 1.807) is 18.5 Å². The van der Waals surface area contributed by atoms with E-state index in [1.807, 2.05) is 12.1 Å². The number of nitrogens with zero attached hydrogens (tertiary/aromatic N) is 3. The first-order valence-corrected chi connectivity index (χ1v) is 10.5. The molecule has 0 amide bonds. The van der Waals surface area contributed by atoms with Gasteiger partial charge in [0.1, 0.15) is 18.0 Å². The zero-order valence-electron chi connectivity index (χ0n) is 14.6. The molecule has 1 aromatic carbocycles. The van der Waals surface area contributed by atoms with E-state index in [-0.39, 0.29) is 4.90 Å². The third kappa shape index (κ3) is 3.66. The van der Waals surface area contributed by atoms with Crippen molar-refractivity contribution in [1.82, 2.24) is 9.97 Å². The van der Waals surface area contributed by atoms with Crippen molar-refractivity contribution in [2.45, 2.75) is 49.6 Å². The number of hydrogen-bond acceptors (Lipinski definition) is 6. The van der Waals surface area contributed by atoms with Crippen LogP contribution in [0.1, 0.15) is 36.8 Å². The van der Waals surface area contributed by atoms with E-state index in [1.165, 1.54) is 25.7 Å². The van der Waals surface area contributed by atoms with Crippen molar-refractivity contribution in [2.75, 3.05) is 16.8 Å². The maximum atomic E-state index is 11.6. The highest BCUT2D eigenvalue weighted by atomic mass is 32.2. The van der Waals surface area contributed by atoms with Gasteiger partial charge in [0.15, 0.2) is 0 Å². The van der Waals surface area contributed by atoms with Crippen LogP contribution in [0.2, 0.25) is 0 Å². The van der Waals surface area contributed by atoms with Crippen molar-refractivity contribution in [1.29, 1.82) is 0 Å². The van der Waals surface area contributed by atoms with Crippen LogP contribution in [-0.4, -0.2) is 31.0 Å². The standard InChI is InChI=1S/C18H23N5O2S/c19-26(24,25)16-6-5-13-7-8-23(11-14(13)9-16)18-10-17(20-12-21-18)22-15-3-1-2-4-15/h5-6,9-10,12,15H,1-4,7-8,11H2,(H2,19,24,25)(H,20,21,22). The number of anilines is 2. The Morgan fingerprint density at radius 2 is 1.92 bits per heavy atom. The largest absolute Gasteiger partial charge is 0.367 e. The second-order valence-corrected chi connectivity index (χ2v) is 8.60. The smallest absolute Gasteiger partial charge is 0.238 e. The molecule has 1 saturated carbocycles. The Balaban J connectivity index is 1.54. The van der Waals surface area contributed by atoms with E-state index in [9.17, 15) is 8.42 Å². The Hall–Kier alpha value is -2.19. The van der Waals surface area contributed by atoms with Gasteiger partial charge in [-0.05, 0) is 42.5 Å². The molecule has 0 spiro atoms. The van der Waals surface area contributed by atoms with Crippen LogP contribution >= 0.6 is 0 Å². The third-order valence-corrected chi connectivity index (χ3v) is 6.11. The van der Waals surface area contributed by atoms with Crippen molar-refractivity contribution in [3.63, 3.8) is 0 Å².